The maximum absolute atomic E-state index is 13.2. The molecule has 1 aromatic rings. The lowest BCUT2D eigenvalue weighted by Crippen LogP contribution is -2.40. The molecule has 0 spiro atoms. The van der Waals surface area contributed by atoms with Crippen LogP contribution in [0.1, 0.15) is 29.5 Å². The molecule has 1 aromatic carbocycles. The van der Waals surface area contributed by atoms with E-state index in [1.54, 1.807) is 6.07 Å². The Balaban J connectivity index is 1.79. The van der Waals surface area contributed by atoms with Crippen molar-refractivity contribution in [3.8, 4) is 6.07 Å². The van der Waals surface area contributed by atoms with E-state index in [1.165, 1.54) is 12.1 Å². The van der Waals surface area contributed by atoms with Crippen molar-refractivity contribution >= 4 is 0 Å². The van der Waals surface area contributed by atoms with Gasteiger partial charge in [-0.2, -0.15) is 18.4 Å². The molecule has 0 radical (unpaired) electrons. The second-order valence-electron chi connectivity index (χ2n) is 6.14. The van der Waals surface area contributed by atoms with Crippen molar-refractivity contribution < 1.29 is 13.2 Å². The molecule has 0 bridgehead atoms. The molecule has 0 aliphatic carbocycles. The fourth-order valence-electron chi connectivity index (χ4n) is 3.55. The standard InChI is InChI=1S/C16H18F3N3/c17-16(18,19)14-6-11(7-20)3-4-12(14)8-22-9-13-2-1-5-21-15(13)10-22/h3-4,6,13,15,21H,1-2,5,8-10H2/t13-,15+/m0/s1. The molecule has 118 valence electrons. The number of alkyl halides is 3. The van der Waals surface area contributed by atoms with E-state index < -0.39 is 11.7 Å². The van der Waals surface area contributed by atoms with Gasteiger partial charge in [-0.3, -0.25) is 4.90 Å². The molecule has 2 aliphatic heterocycles. The SMILES string of the molecule is N#Cc1ccc(CN2C[C@@H]3CCCN[C@@H]3C2)c(C(F)(F)F)c1. The number of nitrogens with zero attached hydrogens (tertiary/aromatic N) is 2. The van der Waals surface area contributed by atoms with Gasteiger partial charge in [0.1, 0.15) is 0 Å². The van der Waals surface area contributed by atoms with E-state index in [1.807, 2.05) is 0 Å². The normalized spacial score (nSPS) is 25.7. The number of benzene rings is 1. The van der Waals surface area contributed by atoms with Crippen LogP contribution in [-0.2, 0) is 12.7 Å². The predicted octanol–water partition coefficient (Wildman–Crippen LogP) is 2.76. The third-order valence-corrected chi connectivity index (χ3v) is 4.61. The highest BCUT2D eigenvalue weighted by Gasteiger charge is 2.37. The maximum Gasteiger partial charge on any atom is 0.416 e. The highest BCUT2D eigenvalue weighted by Crippen LogP contribution is 2.34. The average molecular weight is 309 g/mol. The van der Waals surface area contributed by atoms with Gasteiger partial charge in [-0.15, -0.1) is 0 Å². The Labute approximate surface area is 127 Å². The van der Waals surface area contributed by atoms with Gasteiger partial charge in [-0.25, -0.2) is 0 Å². The number of fused-ring (bicyclic) bond motifs is 1. The molecule has 3 nitrogen and oxygen atoms in total. The second-order valence-corrected chi connectivity index (χ2v) is 6.14. The molecular formula is C16H18F3N3. The maximum atomic E-state index is 13.2. The Morgan fingerprint density at radius 3 is 2.82 bits per heavy atom. The quantitative estimate of drug-likeness (QED) is 0.913. The van der Waals surface area contributed by atoms with Crippen molar-refractivity contribution in [2.45, 2.75) is 31.6 Å². The first-order chi connectivity index (χ1) is 10.5. The molecule has 3 rings (SSSR count). The zero-order valence-corrected chi connectivity index (χ0v) is 12.2. The Morgan fingerprint density at radius 2 is 2.14 bits per heavy atom. The number of nitrogens with one attached hydrogen (secondary N) is 1. The molecule has 0 aromatic heterocycles. The topological polar surface area (TPSA) is 39.1 Å². The van der Waals surface area contributed by atoms with Gasteiger partial charge in [0.25, 0.3) is 0 Å². The highest BCUT2D eigenvalue weighted by atomic mass is 19.4. The minimum Gasteiger partial charge on any atom is -0.312 e. The van der Waals surface area contributed by atoms with E-state index in [4.69, 9.17) is 5.26 Å². The molecule has 2 fully saturated rings. The van der Waals surface area contributed by atoms with Crippen LogP contribution >= 0.6 is 0 Å². The summed E-state index contributed by atoms with van der Waals surface area (Å²) in [5.41, 5.74) is -0.382. The first-order valence-electron chi connectivity index (χ1n) is 7.53. The summed E-state index contributed by atoms with van der Waals surface area (Å²) in [6, 6.07) is 6.04. The summed E-state index contributed by atoms with van der Waals surface area (Å²) >= 11 is 0. The number of hydrogen-bond acceptors (Lipinski definition) is 3. The van der Waals surface area contributed by atoms with Gasteiger partial charge in [0.2, 0.25) is 0 Å². The van der Waals surface area contributed by atoms with Gasteiger partial charge in [0.15, 0.2) is 0 Å². The lowest BCUT2D eigenvalue weighted by atomic mass is 9.94. The molecule has 6 heteroatoms. The minimum atomic E-state index is -4.42. The monoisotopic (exact) mass is 309 g/mol. The van der Waals surface area contributed by atoms with Crippen molar-refractivity contribution in [1.82, 2.24) is 10.2 Å². The summed E-state index contributed by atoms with van der Waals surface area (Å²) in [6.07, 6.45) is -2.14. The largest absolute Gasteiger partial charge is 0.416 e. The summed E-state index contributed by atoms with van der Waals surface area (Å²) in [4.78, 5) is 2.09. The fourth-order valence-corrected chi connectivity index (χ4v) is 3.55. The molecule has 22 heavy (non-hydrogen) atoms. The van der Waals surface area contributed by atoms with Gasteiger partial charge in [-0.1, -0.05) is 6.07 Å². The van der Waals surface area contributed by atoms with Crippen LogP contribution in [0.15, 0.2) is 18.2 Å². The first-order valence-corrected chi connectivity index (χ1v) is 7.53. The average Bonchev–Trinajstić information content (AvgIpc) is 2.88. The van der Waals surface area contributed by atoms with Crippen LogP contribution < -0.4 is 5.32 Å². The van der Waals surface area contributed by atoms with Crippen LogP contribution in [0.4, 0.5) is 13.2 Å². The molecule has 0 amide bonds. The second kappa shape index (κ2) is 5.90. The van der Waals surface area contributed by atoms with Crippen LogP contribution in [0.2, 0.25) is 0 Å². The number of piperidine rings is 1. The van der Waals surface area contributed by atoms with Crippen LogP contribution in [0.3, 0.4) is 0 Å². The molecule has 2 atom stereocenters. The number of nitriles is 1. The highest BCUT2D eigenvalue weighted by molar-refractivity contribution is 5.39. The van der Waals surface area contributed by atoms with E-state index in [0.717, 1.165) is 38.5 Å². The number of hydrogen-bond donors (Lipinski definition) is 1. The van der Waals surface area contributed by atoms with Crippen molar-refractivity contribution in [2.24, 2.45) is 5.92 Å². The van der Waals surface area contributed by atoms with Crippen LogP contribution in [0.5, 0.6) is 0 Å². The van der Waals surface area contributed by atoms with E-state index in [-0.39, 0.29) is 17.7 Å². The molecule has 2 aliphatic rings. The number of halogens is 3. The fraction of sp³-hybridized carbons (Fsp3) is 0.562. The van der Waals surface area contributed by atoms with Crippen LogP contribution in [0, 0.1) is 17.2 Å². The van der Waals surface area contributed by atoms with E-state index in [2.05, 4.69) is 10.2 Å². The minimum absolute atomic E-state index is 0.0489. The Kier molecular flexibility index (Phi) is 4.11. The molecule has 2 saturated heterocycles. The summed E-state index contributed by atoms with van der Waals surface area (Å²) in [5, 5.41) is 12.3. The van der Waals surface area contributed by atoms with Gasteiger partial charge < -0.3 is 5.32 Å². The zero-order valence-electron chi connectivity index (χ0n) is 12.2. The molecule has 2 heterocycles. The van der Waals surface area contributed by atoms with E-state index >= 15 is 0 Å². The Bertz CT molecular complexity index is 577. The lowest BCUT2D eigenvalue weighted by molar-refractivity contribution is -0.138. The number of rotatable bonds is 2. The smallest absolute Gasteiger partial charge is 0.312 e. The van der Waals surface area contributed by atoms with E-state index in [9.17, 15) is 13.2 Å². The Morgan fingerprint density at radius 1 is 1.32 bits per heavy atom. The first kappa shape index (κ1) is 15.3. The third kappa shape index (κ3) is 3.11. The van der Waals surface area contributed by atoms with Gasteiger partial charge in [0, 0.05) is 25.7 Å². The van der Waals surface area contributed by atoms with Crippen molar-refractivity contribution in [2.75, 3.05) is 19.6 Å². The zero-order chi connectivity index (χ0) is 15.7. The van der Waals surface area contributed by atoms with Gasteiger partial charge >= 0.3 is 6.18 Å². The summed E-state index contributed by atoms with van der Waals surface area (Å²) < 4.78 is 39.6. The number of likely N-dealkylation sites (tertiary alicyclic amines) is 1. The van der Waals surface area contributed by atoms with Gasteiger partial charge in [0.05, 0.1) is 17.2 Å². The summed E-state index contributed by atoms with van der Waals surface area (Å²) in [7, 11) is 0. The summed E-state index contributed by atoms with van der Waals surface area (Å²) in [5.74, 6) is 0.543. The van der Waals surface area contributed by atoms with E-state index in [0.29, 0.717) is 12.0 Å². The molecule has 0 unspecified atom stereocenters. The van der Waals surface area contributed by atoms with Crippen LogP contribution in [0.25, 0.3) is 0 Å². The lowest BCUT2D eigenvalue weighted by Gasteiger charge is -2.24. The molecular weight excluding hydrogens is 291 g/mol. The van der Waals surface area contributed by atoms with Crippen molar-refractivity contribution in [3.63, 3.8) is 0 Å². The van der Waals surface area contributed by atoms with Gasteiger partial charge in [-0.05, 0) is 43.0 Å². The van der Waals surface area contributed by atoms with Crippen molar-refractivity contribution in [1.29, 1.82) is 5.26 Å². The predicted molar refractivity (Wildman–Crippen MR) is 76.0 cm³/mol. The molecule has 0 saturated carbocycles. The van der Waals surface area contributed by atoms with Crippen LogP contribution in [-0.4, -0.2) is 30.6 Å². The summed E-state index contributed by atoms with van der Waals surface area (Å²) in [6.45, 7) is 2.92. The Hall–Kier alpha value is -1.58. The third-order valence-electron chi connectivity index (χ3n) is 4.61. The van der Waals surface area contributed by atoms with Crippen molar-refractivity contribution in [3.05, 3.63) is 34.9 Å². The molecule has 1 N–H and O–H groups in total.